The van der Waals surface area contributed by atoms with Crippen LogP contribution in [0.4, 0.5) is 0 Å². The predicted octanol–water partition coefficient (Wildman–Crippen LogP) is 15.8. The van der Waals surface area contributed by atoms with E-state index in [2.05, 4.69) is 99.0 Å². The minimum atomic E-state index is -0.801. The van der Waals surface area contributed by atoms with Crippen LogP contribution in [0.1, 0.15) is 245 Å². The number of rotatable bonds is 46. The van der Waals surface area contributed by atoms with Gasteiger partial charge in [-0.15, -0.1) is 0 Å². The fourth-order valence-corrected chi connectivity index (χ4v) is 7.67. The summed E-state index contributed by atoms with van der Waals surface area (Å²) in [6.07, 6.45) is 62.4. The number of carbonyl (C=O) groups excluding carboxylic acids is 2. The highest BCUT2D eigenvalue weighted by Gasteiger charge is 2.24. The number of nitrogens with one attached hydrogen (secondary N) is 1. The summed E-state index contributed by atoms with van der Waals surface area (Å²) in [5.41, 5.74) is 0. The summed E-state index contributed by atoms with van der Waals surface area (Å²) in [5, 5.41) is 23.8. The first-order valence-electron chi connectivity index (χ1n) is 26.2. The molecule has 3 unspecified atom stereocenters. The van der Waals surface area contributed by atoms with Crippen molar-refractivity contribution in [2.75, 3.05) is 6.61 Å². The maximum atomic E-state index is 13.2. The molecule has 0 saturated carbocycles. The van der Waals surface area contributed by atoms with Gasteiger partial charge < -0.3 is 20.3 Å². The van der Waals surface area contributed by atoms with Crippen LogP contribution in [0, 0.1) is 0 Å². The Labute approximate surface area is 383 Å². The van der Waals surface area contributed by atoms with E-state index >= 15 is 0 Å². The van der Waals surface area contributed by atoms with E-state index in [0.717, 1.165) is 83.5 Å². The molecule has 62 heavy (non-hydrogen) atoms. The van der Waals surface area contributed by atoms with Crippen LogP contribution in [0.25, 0.3) is 0 Å². The minimum absolute atomic E-state index is 0.0475. The van der Waals surface area contributed by atoms with Gasteiger partial charge in [0, 0.05) is 6.42 Å². The van der Waals surface area contributed by atoms with E-state index in [4.69, 9.17) is 4.74 Å². The Balaban J connectivity index is 4.69. The second-order valence-corrected chi connectivity index (χ2v) is 17.7. The fourth-order valence-electron chi connectivity index (χ4n) is 7.67. The molecule has 0 heterocycles. The molecule has 0 aromatic carbocycles. The Hall–Kier alpha value is -2.70. The number of esters is 1. The summed E-state index contributed by atoms with van der Waals surface area (Å²) in [6, 6.07) is -0.718. The van der Waals surface area contributed by atoms with Gasteiger partial charge in [0.05, 0.1) is 25.2 Å². The molecule has 0 aromatic rings. The van der Waals surface area contributed by atoms with E-state index in [-0.39, 0.29) is 24.9 Å². The van der Waals surface area contributed by atoms with Crippen molar-refractivity contribution in [2.45, 2.75) is 264 Å². The molecule has 0 aliphatic rings. The number of ether oxygens (including phenoxy) is 1. The number of allylic oxidation sites excluding steroid dienone is 12. The molecule has 0 bridgehead atoms. The zero-order chi connectivity index (χ0) is 45.2. The fraction of sp³-hybridized carbons (Fsp3) is 0.750. The molecule has 0 aromatic heterocycles. The summed E-state index contributed by atoms with van der Waals surface area (Å²) in [5.74, 6) is -0.522. The summed E-state index contributed by atoms with van der Waals surface area (Å²) >= 11 is 0. The molecule has 6 heteroatoms. The number of aliphatic hydroxyl groups is 2. The van der Waals surface area contributed by atoms with E-state index in [1.807, 2.05) is 0 Å². The third-order valence-corrected chi connectivity index (χ3v) is 11.6. The SMILES string of the molecule is CC/C=C/C=C/C=C/CCCCCCCCCC(=O)OC(CCCCC/C=C/C=C/C=C/CCCCCCC)CC(=O)NC(CO)C(O)CCCCCCCCCCCCCC. The molecule has 1 amide bonds. The highest BCUT2D eigenvalue weighted by Crippen LogP contribution is 2.17. The maximum absolute atomic E-state index is 13.2. The first-order valence-corrected chi connectivity index (χ1v) is 26.2. The highest BCUT2D eigenvalue weighted by atomic mass is 16.5. The van der Waals surface area contributed by atoms with Crippen molar-refractivity contribution < 1.29 is 24.5 Å². The molecule has 0 radical (unpaired) electrons. The zero-order valence-corrected chi connectivity index (χ0v) is 40.7. The smallest absolute Gasteiger partial charge is 0.306 e. The lowest BCUT2D eigenvalue weighted by Gasteiger charge is -2.24. The van der Waals surface area contributed by atoms with Crippen LogP contribution >= 0.6 is 0 Å². The van der Waals surface area contributed by atoms with Crippen LogP contribution in [0.15, 0.2) is 72.9 Å². The summed E-state index contributed by atoms with van der Waals surface area (Å²) in [7, 11) is 0. The van der Waals surface area contributed by atoms with Gasteiger partial charge in [-0.25, -0.2) is 0 Å². The third kappa shape index (κ3) is 43.9. The molecule has 3 atom stereocenters. The van der Waals surface area contributed by atoms with Gasteiger partial charge in [-0.1, -0.05) is 235 Å². The summed E-state index contributed by atoms with van der Waals surface area (Å²) in [4.78, 5) is 26.2. The van der Waals surface area contributed by atoms with Gasteiger partial charge in [0.25, 0.3) is 0 Å². The van der Waals surface area contributed by atoms with E-state index < -0.39 is 18.2 Å². The van der Waals surface area contributed by atoms with Crippen molar-refractivity contribution in [3.8, 4) is 0 Å². The van der Waals surface area contributed by atoms with Gasteiger partial charge in [-0.3, -0.25) is 9.59 Å². The average molecular weight is 866 g/mol. The van der Waals surface area contributed by atoms with Gasteiger partial charge in [0.1, 0.15) is 6.10 Å². The van der Waals surface area contributed by atoms with Crippen LogP contribution < -0.4 is 5.32 Å². The van der Waals surface area contributed by atoms with E-state index in [9.17, 15) is 19.8 Å². The molecule has 0 saturated heterocycles. The molecule has 6 nitrogen and oxygen atoms in total. The number of aliphatic hydroxyl groups excluding tert-OH is 2. The molecule has 0 aliphatic carbocycles. The van der Waals surface area contributed by atoms with Crippen molar-refractivity contribution in [3.05, 3.63) is 72.9 Å². The summed E-state index contributed by atoms with van der Waals surface area (Å²) in [6.45, 7) is 6.32. The lowest BCUT2D eigenvalue weighted by molar-refractivity contribution is -0.151. The van der Waals surface area contributed by atoms with Gasteiger partial charge in [0.15, 0.2) is 0 Å². The molecule has 0 aliphatic heterocycles. The van der Waals surface area contributed by atoms with E-state index in [0.29, 0.717) is 19.3 Å². The molecular formula is C56H99NO5. The van der Waals surface area contributed by atoms with E-state index in [1.165, 1.54) is 116 Å². The number of hydrogen-bond acceptors (Lipinski definition) is 5. The quantitative estimate of drug-likeness (QED) is 0.0322. The Bertz CT molecular complexity index is 1150. The number of unbranched alkanes of at least 4 members (excludes halogenated alkanes) is 26. The topological polar surface area (TPSA) is 95.9 Å². The molecule has 0 spiro atoms. The predicted molar refractivity (Wildman–Crippen MR) is 268 cm³/mol. The monoisotopic (exact) mass is 866 g/mol. The molecule has 358 valence electrons. The van der Waals surface area contributed by atoms with Crippen LogP contribution in [-0.2, 0) is 14.3 Å². The van der Waals surface area contributed by atoms with Crippen molar-refractivity contribution >= 4 is 11.9 Å². The standard InChI is InChI=1S/C56H99NO5/c1-4-7-10-13-16-19-22-25-27-29-30-32-35-38-41-44-47-52(62-56(61)49-46-43-40-37-34-31-28-26-23-20-17-14-11-8-5-2)50-55(60)57-53(51-58)54(59)48-45-42-39-36-33-24-21-18-15-12-9-6-3/h8,11,14,17,20,22-23,25,27,29-30,32,52-54,58-59H,4-7,9-10,12-13,15-16,18-19,21,24,26,28,31,33-51H2,1-3H3,(H,57,60)/b11-8+,17-14+,23-20+,25-22+,29-27+,32-30+. The number of carbonyl (C=O) groups is 2. The number of amides is 1. The lowest BCUT2D eigenvalue weighted by Crippen LogP contribution is -2.46. The number of hydrogen-bond donors (Lipinski definition) is 3. The Morgan fingerprint density at radius 1 is 0.484 bits per heavy atom. The second kappa shape index (κ2) is 49.3. The highest BCUT2D eigenvalue weighted by molar-refractivity contribution is 5.77. The van der Waals surface area contributed by atoms with E-state index in [1.54, 1.807) is 0 Å². The van der Waals surface area contributed by atoms with Crippen LogP contribution in [-0.4, -0.2) is 46.9 Å². The molecule has 0 fully saturated rings. The van der Waals surface area contributed by atoms with Gasteiger partial charge in [-0.2, -0.15) is 0 Å². The van der Waals surface area contributed by atoms with Crippen LogP contribution in [0.3, 0.4) is 0 Å². The molecule has 3 N–H and O–H groups in total. The summed E-state index contributed by atoms with van der Waals surface area (Å²) < 4.78 is 5.92. The second-order valence-electron chi connectivity index (χ2n) is 17.7. The lowest BCUT2D eigenvalue weighted by atomic mass is 10.0. The van der Waals surface area contributed by atoms with Crippen molar-refractivity contribution in [3.63, 3.8) is 0 Å². The third-order valence-electron chi connectivity index (χ3n) is 11.6. The van der Waals surface area contributed by atoms with Gasteiger partial charge in [0.2, 0.25) is 5.91 Å². The van der Waals surface area contributed by atoms with Crippen LogP contribution in [0.5, 0.6) is 0 Å². The average Bonchev–Trinajstić information content (AvgIpc) is 3.26. The Morgan fingerprint density at radius 2 is 0.871 bits per heavy atom. The molecular weight excluding hydrogens is 767 g/mol. The maximum Gasteiger partial charge on any atom is 0.306 e. The van der Waals surface area contributed by atoms with Crippen molar-refractivity contribution in [1.29, 1.82) is 0 Å². The van der Waals surface area contributed by atoms with Gasteiger partial charge >= 0.3 is 5.97 Å². The first kappa shape index (κ1) is 59.3. The Kier molecular flexibility index (Phi) is 47.2. The zero-order valence-electron chi connectivity index (χ0n) is 40.7. The first-order chi connectivity index (χ1) is 30.5. The van der Waals surface area contributed by atoms with Crippen molar-refractivity contribution in [2.24, 2.45) is 0 Å². The normalized spacial score (nSPS) is 13.8. The minimum Gasteiger partial charge on any atom is -0.462 e. The van der Waals surface area contributed by atoms with Gasteiger partial charge in [-0.05, 0) is 70.6 Å². The van der Waals surface area contributed by atoms with Crippen molar-refractivity contribution in [1.82, 2.24) is 5.32 Å². The molecule has 0 rings (SSSR count). The van der Waals surface area contributed by atoms with Crippen LogP contribution in [0.2, 0.25) is 0 Å². The Morgan fingerprint density at radius 3 is 1.32 bits per heavy atom. The largest absolute Gasteiger partial charge is 0.462 e.